The number of Topliss-reactive ketones (excluding diaryl/α,β-unsaturated/α-hetero) is 1. The molecule has 2 aromatic rings. The van der Waals surface area contributed by atoms with Crippen LogP contribution in [-0.4, -0.2) is 42.9 Å². The number of hydrogen-bond acceptors (Lipinski definition) is 6. The summed E-state index contributed by atoms with van der Waals surface area (Å²) in [6.07, 6.45) is -7.90. The van der Waals surface area contributed by atoms with Gasteiger partial charge in [0.1, 0.15) is 23.7 Å². The number of amidine groups is 1. The molecule has 1 aromatic carbocycles. The van der Waals surface area contributed by atoms with Crippen LogP contribution >= 0.6 is 0 Å². The molecule has 0 radical (unpaired) electrons. The number of alkyl halides is 4. The number of ether oxygens (including phenoxy) is 2. The SMILES string of the molecule is COc1ccc(C(=O)Cc2cc(F)c(F)c([C@]3(CF)C[C@@H](C(F)(F)F)OC(N)=N3)c2)nc1. The molecule has 172 valence electrons. The molecule has 0 saturated heterocycles. The number of aromatic nitrogens is 1. The van der Waals surface area contributed by atoms with E-state index in [0.29, 0.717) is 11.8 Å². The number of hydrogen-bond donors (Lipinski definition) is 1. The Balaban J connectivity index is 1.99. The highest BCUT2D eigenvalue weighted by Crippen LogP contribution is 2.42. The van der Waals surface area contributed by atoms with Gasteiger partial charge in [-0.2, -0.15) is 13.2 Å². The summed E-state index contributed by atoms with van der Waals surface area (Å²) in [5, 5.41) is 0. The Hall–Kier alpha value is -3.31. The number of carbonyl (C=O) groups is 1. The lowest BCUT2D eigenvalue weighted by Gasteiger charge is -2.36. The molecule has 0 bridgehead atoms. The van der Waals surface area contributed by atoms with Crippen LogP contribution in [0, 0.1) is 11.6 Å². The Labute approximate surface area is 178 Å². The number of nitrogens with zero attached hydrogens (tertiary/aromatic N) is 2. The average Bonchev–Trinajstić information content (AvgIpc) is 2.75. The quantitative estimate of drug-likeness (QED) is 0.525. The lowest BCUT2D eigenvalue weighted by Crippen LogP contribution is -2.48. The maximum Gasteiger partial charge on any atom is 0.425 e. The van der Waals surface area contributed by atoms with Crippen molar-refractivity contribution in [2.45, 2.75) is 30.7 Å². The van der Waals surface area contributed by atoms with Gasteiger partial charge in [0.2, 0.25) is 0 Å². The number of carbonyl (C=O) groups excluding carboxylic acids is 1. The zero-order chi connectivity index (χ0) is 23.7. The van der Waals surface area contributed by atoms with Crippen molar-refractivity contribution >= 4 is 11.8 Å². The van der Waals surface area contributed by atoms with Crippen molar-refractivity contribution in [2.24, 2.45) is 10.7 Å². The number of halogens is 6. The summed E-state index contributed by atoms with van der Waals surface area (Å²) in [5.74, 6) is -3.29. The van der Waals surface area contributed by atoms with E-state index in [9.17, 15) is 31.1 Å². The van der Waals surface area contributed by atoms with Crippen LogP contribution in [0.3, 0.4) is 0 Å². The van der Waals surface area contributed by atoms with Gasteiger partial charge < -0.3 is 15.2 Å². The molecule has 1 aliphatic heterocycles. The smallest absolute Gasteiger partial charge is 0.425 e. The van der Waals surface area contributed by atoms with Gasteiger partial charge in [0, 0.05) is 18.4 Å². The van der Waals surface area contributed by atoms with Crippen LogP contribution in [0.25, 0.3) is 0 Å². The molecule has 32 heavy (non-hydrogen) atoms. The van der Waals surface area contributed by atoms with E-state index in [1.807, 2.05) is 0 Å². The fourth-order valence-electron chi connectivity index (χ4n) is 3.31. The van der Waals surface area contributed by atoms with Crippen molar-refractivity contribution in [1.29, 1.82) is 0 Å². The molecule has 1 aliphatic rings. The van der Waals surface area contributed by atoms with Crippen LogP contribution in [-0.2, 0) is 16.7 Å². The van der Waals surface area contributed by atoms with E-state index in [1.165, 1.54) is 25.4 Å². The van der Waals surface area contributed by atoms with Gasteiger partial charge >= 0.3 is 6.18 Å². The highest BCUT2D eigenvalue weighted by molar-refractivity contribution is 5.95. The van der Waals surface area contributed by atoms with Gasteiger partial charge in [-0.05, 0) is 29.8 Å². The summed E-state index contributed by atoms with van der Waals surface area (Å²) < 4.78 is 91.9. The standard InChI is InChI=1S/C20H17F6N3O3/c1-31-11-2-3-14(28-8-11)15(30)6-10-4-12(17(23)13(22)5-10)19(9-21)7-16(20(24,25)26)32-18(27)29-19/h2-5,8,16H,6-7,9H2,1H3,(H2,27,29)/t16-,19+/m0/s1. The van der Waals surface area contributed by atoms with Crippen LogP contribution in [0.2, 0.25) is 0 Å². The highest BCUT2D eigenvalue weighted by atomic mass is 19.4. The first-order chi connectivity index (χ1) is 15.0. The molecule has 0 aliphatic carbocycles. The van der Waals surface area contributed by atoms with Crippen LogP contribution in [0.1, 0.15) is 28.0 Å². The van der Waals surface area contributed by atoms with E-state index < -0.39 is 66.3 Å². The maximum absolute atomic E-state index is 14.6. The first kappa shape index (κ1) is 23.4. The van der Waals surface area contributed by atoms with Crippen LogP contribution in [0.15, 0.2) is 35.5 Å². The fraction of sp³-hybridized carbons (Fsp3) is 0.350. The first-order valence-electron chi connectivity index (χ1n) is 9.15. The average molecular weight is 461 g/mol. The molecule has 0 fully saturated rings. The zero-order valence-electron chi connectivity index (χ0n) is 16.5. The Kier molecular flexibility index (Phi) is 6.33. The van der Waals surface area contributed by atoms with Gasteiger partial charge in [-0.1, -0.05) is 0 Å². The molecular formula is C20H17F6N3O3. The first-order valence-corrected chi connectivity index (χ1v) is 9.15. The van der Waals surface area contributed by atoms with Crippen molar-refractivity contribution < 1.29 is 40.6 Å². The van der Waals surface area contributed by atoms with Crippen molar-refractivity contribution in [2.75, 3.05) is 13.8 Å². The van der Waals surface area contributed by atoms with Gasteiger partial charge in [0.05, 0.1) is 13.3 Å². The van der Waals surface area contributed by atoms with E-state index in [2.05, 4.69) is 14.7 Å². The Bertz CT molecular complexity index is 1040. The third-order valence-electron chi connectivity index (χ3n) is 4.91. The molecule has 1 aromatic heterocycles. The monoisotopic (exact) mass is 461 g/mol. The molecular weight excluding hydrogens is 444 g/mol. The molecule has 0 unspecified atom stereocenters. The summed E-state index contributed by atoms with van der Waals surface area (Å²) in [4.78, 5) is 19.9. The summed E-state index contributed by atoms with van der Waals surface area (Å²) >= 11 is 0. The number of ketones is 1. The molecule has 12 heteroatoms. The van der Waals surface area contributed by atoms with Crippen LogP contribution in [0.4, 0.5) is 26.3 Å². The number of nitrogens with two attached hydrogens (primary N) is 1. The maximum atomic E-state index is 14.6. The van der Waals surface area contributed by atoms with Crippen molar-refractivity contribution in [3.8, 4) is 5.75 Å². The largest absolute Gasteiger partial charge is 0.495 e. The molecule has 3 rings (SSSR count). The van der Waals surface area contributed by atoms with Gasteiger partial charge in [-0.15, -0.1) is 0 Å². The van der Waals surface area contributed by atoms with Gasteiger partial charge in [-0.3, -0.25) is 4.79 Å². The normalized spacial score (nSPS) is 21.0. The summed E-state index contributed by atoms with van der Waals surface area (Å²) in [5.41, 5.74) is 1.88. The lowest BCUT2D eigenvalue weighted by atomic mass is 9.83. The Morgan fingerprint density at radius 3 is 2.59 bits per heavy atom. The minimum absolute atomic E-state index is 0.0113. The number of aliphatic imine (C=N–C) groups is 1. The second kappa shape index (κ2) is 8.67. The third kappa shape index (κ3) is 4.63. The summed E-state index contributed by atoms with van der Waals surface area (Å²) in [6, 6.07) is 3.39. The highest BCUT2D eigenvalue weighted by Gasteiger charge is 2.52. The predicted octanol–water partition coefficient (Wildman–Crippen LogP) is 3.62. The van der Waals surface area contributed by atoms with E-state index in [1.54, 1.807) is 0 Å². The van der Waals surface area contributed by atoms with E-state index in [-0.39, 0.29) is 11.3 Å². The molecule has 0 saturated carbocycles. The number of rotatable bonds is 6. The second-order valence-corrected chi connectivity index (χ2v) is 7.09. The fourth-order valence-corrected chi connectivity index (χ4v) is 3.31. The van der Waals surface area contributed by atoms with Gasteiger partial charge in [0.15, 0.2) is 23.5 Å². The number of pyridine rings is 1. The Morgan fingerprint density at radius 1 is 1.31 bits per heavy atom. The topological polar surface area (TPSA) is 86.8 Å². The summed E-state index contributed by atoms with van der Waals surface area (Å²) in [6.45, 7) is -1.61. The molecule has 2 heterocycles. The number of methoxy groups -OCH3 is 1. The zero-order valence-corrected chi connectivity index (χ0v) is 16.5. The number of benzene rings is 1. The molecule has 2 atom stereocenters. The van der Waals surface area contributed by atoms with Crippen LogP contribution in [0.5, 0.6) is 5.75 Å². The second-order valence-electron chi connectivity index (χ2n) is 7.09. The third-order valence-corrected chi connectivity index (χ3v) is 4.91. The summed E-state index contributed by atoms with van der Waals surface area (Å²) in [7, 11) is 1.40. The minimum Gasteiger partial charge on any atom is -0.495 e. The lowest BCUT2D eigenvalue weighted by molar-refractivity contribution is -0.209. The van der Waals surface area contributed by atoms with Crippen molar-refractivity contribution in [1.82, 2.24) is 4.98 Å². The van der Waals surface area contributed by atoms with Crippen molar-refractivity contribution in [3.05, 3.63) is 58.9 Å². The predicted molar refractivity (Wildman–Crippen MR) is 100 cm³/mol. The molecule has 0 spiro atoms. The molecule has 0 amide bonds. The van der Waals surface area contributed by atoms with Gasteiger partial charge in [-0.25, -0.2) is 23.1 Å². The Morgan fingerprint density at radius 2 is 2.03 bits per heavy atom. The molecule has 6 nitrogen and oxygen atoms in total. The van der Waals surface area contributed by atoms with Gasteiger partial charge in [0.25, 0.3) is 6.02 Å². The van der Waals surface area contributed by atoms with E-state index >= 15 is 0 Å². The van der Waals surface area contributed by atoms with E-state index in [0.717, 1.165) is 6.07 Å². The molecule has 2 N–H and O–H groups in total. The van der Waals surface area contributed by atoms with E-state index in [4.69, 9.17) is 10.5 Å². The van der Waals surface area contributed by atoms with Crippen molar-refractivity contribution in [3.63, 3.8) is 0 Å². The minimum atomic E-state index is -4.95. The van der Waals surface area contributed by atoms with Crippen LogP contribution < -0.4 is 10.5 Å².